The monoisotopic (exact) mass is 462 g/mol. The molecule has 34 heavy (non-hydrogen) atoms. The highest BCUT2D eigenvalue weighted by atomic mass is 19.1. The molecule has 0 atom stereocenters. The van der Waals surface area contributed by atoms with E-state index < -0.39 is 0 Å². The predicted octanol–water partition coefficient (Wildman–Crippen LogP) is 5.19. The van der Waals surface area contributed by atoms with E-state index in [1.54, 1.807) is 12.1 Å². The van der Waals surface area contributed by atoms with Crippen molar-refractivity contribution in [2.75, 3.05) is 54.0 Å². The zero-order chi connectivity index (χ0) is 23.9. The van der Waals surface area contributed by atoms with Crippen LogP contribution in [-0.4, -0.2) is 54.2 Å². The van der Waals surface area contributed by atoms with E-state index in [-0.39, 0.29) is 5.82 Å². The van der Waals surface area contributed by atoms with Gasteiger partial charge in [-0.05, 0) is 50.5 Å². The van der Waals surface area contributed by atoms with Crippen LogP contribution >= 0.6 is 0 Å². The quantitative estimate of drug-likeness (QED) is 0.436. The van der Waals surface area contributed by atoms with Gasteiger partial charge in [0, 0.05) is 50.5 Å². The molecular weight excluding hydrogens is 427 g/mol. The minimum atomic E-state index is -0.202. The van der Waals surface area contributed by atoms with Crippen LogP contribution in [0.3, 0.4) is 0 Å². The Morgan fingerprint density at radius 3 is 2.21 bits per heavy atom. The number of hydrogen-bond donors (Lipinski definition) is 0. The van der Waals surface area contributed by atoms with Crippen LogP contribution in [0.2, 0.25) is 0 Å². The van der Waals surface area contributed by atoms with E-state index in [4.69, 9.17) is 15.0 Å². The van der Waals surface area contributed by atoms with Gasteiger partial charge in [0.15, 0.2) is 5.82 Å². The third kappa shape index (κ3) is 5.64. The molecule has 180 valence electrons. The lowest BCUT2D eigenvalue weighted by molar-refractivity contribution is 0.617. The lowest BCUT2D eigenvalue weighted by Crippen LogP contribution is -2.47. The average Bonchev–Trinajstić information content (AvgIpc) is 2.88. The molecule has 7 heteroatoms. The van der Waals surface area contributed by atoms with Crippen LogP contribution in [0, 0.1) is 5.82 Å². The van der Waals surface area contributed by atoms with Gasteiger partial charge >= 0.3 is 0 Å². The maximum absolute atomic E-state index is 13.7. The average molecular weight is 463 g/mol. The number of hydrogen-bond acceptors (Lipinski definition) is 6. The lowest BCUT2D eigenvalue weighted by atomic mass is 10.1. The first-order valence-electron chi connectivity index (χ1n) is 12.5. The molecule has 0 unspecified atom stereocenters. The maximum Gasteiger partial charge on any atom is 0.230 e. The number of halogens is 1. The highest BCUT2D eigenvalue weighted by Crippen LogP contribution is 2.24. The van der Waals surface area contributed by atoms with E-state index in [0.717, 1.165) is 56.9 Å². The topological polar surface area (TPSA) is 48.4 Å². The van der Waals surface area contributed by atoms with Crippen molar-refractivity contribution in [1.82, 2.24) is 15.0 Å². The van der Waals surface area contributed by atoms with Gasteiger partial charge < -0.3 is 14.7 Å². The number of aryl methyl sites for hydroxylation is 1. The van der Waals surface area contributed by atoms with Crippen molar-refractivity contribution in [2.24, 2.45) is 0 Å². The minimum absolute atomic E-state index is 0.202. The maximum atomic E-state index is 13.7. The van der Waals surface area contributed by atoms with E-state index in [0.29, 0.717) is 17.7 Å². The molecule has 1 aromatic heterocycles. The summed E-state index contributed by atoms with van der Waals surface area (Å²) in [4.78, 5) is 21.1. The first-order valence-corrected chi connectivity index (χ1v) is 12.5. The number of piperazine rings is 1. The Hall–Kier alpha value is -3.22. The first kappa shape index (κ1) is 23.9. The second-order valence-corrected chi connectivity index (χ2v) is 8.69. The van der Waals surface area contributed by atoms with E-state index in [1.165, 1.54) is 24.5 Å². The number of aromatic nitrogens is 3. The van der Waals surface area contributed by atoms with Crippen molar-refractivity contribution in [1.29, 1.82) is 0 Å². The van der Waals surface area contributed by atoms with Gasteiger partial charge in [0.1, 0.15) is 5.82 Å². The van der Waals surface area contributed by atoms with Crippen molar-refractivity contribution in [3.05, 3.63) is 59.9 Å². The van der Waals surface area contributed by atoms with Gasteiger partial charge in [0.25, 0.3) is 0 Å². The van der Waals surface area contributed by atoms with Gasteiger partial charge in [-0.2, -0.15) is 15.0 Å². The molecule has 0 N–H and O–H groups in total. The molecule has 2 aromatic carbocycles. The fourth-order valence-electron chi connectivity index (χ4n) is 4.31. The standard InChI is InChI=1S/C27H35FN6/c1-4-7-9-21-12-14-22(15-13-21)25-29-26(32(5-2)6-3)31-27(30-25)34-18-16-33(17-19-34)24-11-8-10-23(28)20-24/h8,10-15,20H,4-7,9,16-19H2,1-3H3. The van der Waals surface area contributed by atoms with E-state index in [9.17, 15) is 4.39 Å². The normalized spacial score (nSPS) is 13.9. The molecule has 3 aromatic rings. The van der Waals surface area contributed by atoms with Crippen LogP contribution in [-0.2, 0) is 6.42 Å². The number of nitrogens with zero attached hydrogens (tertiary/aromatic N) is 6. The molecular formula is C27H35FN6. The van der Waals surface area contributed by atoms with Crippen LogP contribution in [0.1, 0.15) is 39.2 Å². The van der Waals surface area contributed by atoms with Crippen LogP contribution in [0.15, 0.2) is 48.5 Å². The summed E-state index contributed by atoms with van der Waals surface area (Å²) in [5.41, 5.74) is 3.27. The van der Waals surface area contributed by atoms with Gasteiger partial charge in [0.2, 0.25) is 11.9 Å². The molecule has 1 aliphatic heterocycles. The number of unbranched alkanes of at least 4 members (excludes halogenated alkanes) is 1. The fraction of sp³-hybridized carbons (Fsp3) is 0.444. The van der Waals surface area contributed by atoms with Crippen LogP contribution in [0.4, 0.5) is 22.0 Å². The van der Waals surface area contributed by atoms with Gasteiger partial charge in [-0.15, -0.1) is 0 Å². The highest BCUT2D eigenvalue weighted by molar-refractivity contribution is 5.59. The fourth-order valence-corrected chi connectivity index (χ4v) is 4.31. The lowest BCUT2D eigenvalue weighted by Gasteiger charge is -2.36. The molecule has 0 saturated carbocycles. The summed E-state index contributed by atoms with van der Waals surface area (Å²) in [6.07, 6.45) is 3.49. The van der Waals surface area contributed by atoms with E-state index >= 15 is 0 Å². The minimum Gasteiger partial charge on any atom is -0.368 e. The number of benzene rings is 2. The second-order valence-electron chi connectivity index (χ2n) is 8.69. The molecule has 0 spiro atoms. The number of anilines is 3. The molecule has 4 rings (SSSR count). The van der Waals surface area contributed by atoms with Crippen molar-refractivity contribution in [3.8, 4) is 11.4 Å². The molecule has 0 aliphatic carbocycles. The van der Waals surface area contributed by atoms with Crippen LogP contribution in [0.25, 0.3) is 11.4 Å². The summed E-state index contributed by atoms with van der Waals surface area (Å²) in [6, 6.07) is 15.4. The van der Waals surface area contributed by atoms with Gasteiger partial charge in [0.05, 0.1) is 0 Å². The molecule has 1 saturated heterocycles. The third-order valence-corrected chi connectivity index (χ3v) is 6.43. The summed E-state index contributed by atoms with van der Waals surface area (Å²) >= 11 is 0. The third-order valence-electron chi connectivity index (χ3n) is 6.43. The van der Waals surface area contributed by atoms with Crippen molar-refractivity contribution < 1.29 is 4.39 Å². The van der Waals surface area contributed by atoms with Gasteiger partial charge in [-0.3, -0.25) is 0 Å². The smallest absolute Gasteiger partial charge is 0.230 e. The van der Waals surface area contributed by atoms with Crippen LogP contribution < -0.4 is 14.7 Å². The molecule has 6 nitrogen and oxygen atoms in total. The van der Waals surface area contributed by atoms with Crippen LogP contribution in [0.5, 0.6) is 0 Å². The zero-order valence-electron chi connectivity index (χ0n) is 20.5. The van der Waals surface area contributed by atoms with Gasteiger partial charge in [-0.1, -0.05) is 43.7 Å². The molecule has 1 fully saturated rings. The highest BCUT2D eigenvalue weighted by Gasteiger charge is 2.22. The number of rotatable bonds is 9. The van der Waals surface area contributed by atoms with Crippen molar-refractivity contribution in [2.45, 2.75) is 40.0 Å². The van der Waals surface area contributed by atoms with Gasteiger partial charge in [-0.25, -0.2) is 4.39 Å². The SMILES string of the molecule is CCCCc1ccc(-c2nc(N(CC)CC)nc(N3CCN(c4cccc(F)c4)CC3)n2)cc1. The van der Waals surface area contributed by atoms with Crippen molar-refractivity contribution in [3.63, 3.8) is 0 Å². The first-order chi connectivity index (χ1) is 16.6. The second kappa shape index (κ2) is 11.3. The molecule has 0 bridgehead atoms. The molecule has 2 heterocycles. The Morgan fingerprint density at radius 2 is 1.56 bits per heavy atom. The molecule has 0 radical (unpaired) electrons. The summed E-state index contributed by atoms with van der Waals surface area (Å²) in [7, 11) is 0. The Bertz CT molecular complexity index is 1060. The molecule has 1 aliphatic rings. The molecule has 0 amide bonds. The van der Waals surface area contributed by atoms with Crippen molar-refractivity contribution >= 4 is 17.6 Å². The summed E-state index contributed by atoms with van der Waals surface area (Å²) in [5.74, 6) is 1.93. The summed E-state index contributed by atoms with van der Waals surface area (Å²) in [6.45, 7) is 11.2. The predicted molar refractivity (Wildman–Crippen MR) is 138 cm³/mol. The Labute approximate surface area is 202 Å². The van der Waals surface area contributed by atoms with E-state index in [1.807, 2.05) is 6.07 Å². The summed E-state index contributed by atoms with van der Waals surface area (Å²) in [5, 5.41) is 0. The zero-order valence-corrected chi connectivity index (χ0v) is 20.5. The Morgan fingerprint density at radius 1 is 0.853 bits per heavy atom. The largest absolute Gasteiger partial charge is 0.368 e. The van der Waals surface area contributed by atoms with E-state index in [2.05, 4.69) is 59.7 Å². The summed E-state index contributed by atoms with van der Waals surface area (Å²) < 4.78 is 13.7. The Balaban J connectivity index is 1.57. The Kier molecular flexibility index (Phi) is 7.93.